The number of hydrogen-bond donors (Lipinski definition) is 1. The average molecular weight is 663 g/mol. The Kier molecular flexibility index (Phi) is 9.10. The predicted octanol–water partition coefficient (Wildman–Crippen LogP) is 4.21. The van der Waals surface area contributed by atoms with Gasteiger partial charge in [0.1, 0.15) is 29.2 Å². The van der Waals surface area contributed by atoms with Crippen molar-refractivity contribution >= 4 is 45.1 Å². The van der Waals surface area contributed by atoms with Crippen molar-refractivity contribution in [2.75, 3.05) is 26.2 Å². The van der Waals surface area contributed by atoms with Crippen molar-refractivity contribution < 1.29 is 29.2 Å². The molecule has 2 fully saturated rings. The van der Waals surface area contributed by atoms with Gasteiger partial charge in [0.05, 0.1) is 27.9 Å². The number of esters is 1. The molecule has 15 nitrogen and oxygen atoms in total. The standard InChI is InChI=1S/C31H34N8O7S/c1-17-23(22-14-37-16-33-25(30(37)47-22)28(41)20-8-12-36(13-9-20)11-3-10-34-35-32)27(38-26(17)24(18(2)40)29(38)42)31(43)46-15-19-4-6-21(7-5-19)39(44)45/h4-7,14,16-18,20,24,26,40H,3,8-13,15H2,1-2H3/t17-,18+,24+,26+/m0/s1. The van der Waals surface area contributed by atoms with E-state index in [4.69, 9.17) is 10.3 Å². The highest BCUT2D eigenvalue weighted by molar-refractivity contribution is 7.18. The molecule has 3 aliphatic rings. The summed E-state index contributed by atoms with van der Waals surface area (Å²) >= 11 is 1.32. The maximum absolute atomic E-state index is 13.7. The number of ether oxygens (including phenoxy) is 1. The van der Waals surface area contributed by atoms with Crippen LogP contribution >= 0.6 is 11.3 Å². The number of aromatic nitrogens is 2. The van der Waals surface area contributed by atoms with Crippen LogP contribution in [0.5, 0.6) is 0 Å². The molecular formula is C31H34N8O7S. The highest BCUT2D eigenvalue weighted by atomic mass is 32.1. The van der Waals surface area contributed by atoms with Crippen LogP contribution in [0.15, 0.2) is 47.6 Å². The fourth-order valence-electron chi connectivity index (χ4n) is 6.93. The molecule has 0 radical (unpaired) electrons. The largest absolute Gasteiger partial charge is 0.456 e. The summed E-state index contributed by atoms with van der Waals surface area (Å²) < 4.78 is 7.40. The number of carbonyl (C=O) groups excluding carboxylic acids is 3. The summed E-state index contributed by atoms with van der Waals surface area (Å²) in [6.45, 7) is 6.11. The van der Waals surface area contributed by atoms with Gasteiger partial charge in [-0.25, -0.2) is 9.78 Å². The maximum Gasteiger partial charge on any atom is 0.355 e. The third-order valence-electron chi connectivity index (χ3n) is 9.35. The van der Waals surface area contributed by atoms with Crippen molar-refractivity contribution in [1.82, 2.24) is 19.2 Å². The number of Topliss-reactive ketones (excluding diaryl/α,β-unsaturated/α-hetero) is 1. The van der Waals surface area contributed by atoms with E-state index < -0.39 is 29.0 Å². The lowest BCUT2D eigenvalue weighted by Gasteiger charge is -2.46. The number of fused-ring (bicyclic) bond motifs is 2. The number of hydrogen-bond acceptors (Lipinski definition) is 11. The number of likely N-dealkylation sites (tertiary alicyclic amines) is 1. The number of non-ortho nitro benzene ring substituents is 1. The smallest absolute Gasteiger partial charge is 0.355 e. The first kappa shape index (κ1) is 32.3. The Labute approximate surface area is 273 Å². The number of aliphatic hydroxyl groups is 1. The fraction of sp³-hybridized carbons (Fsp3) is 0.484. The van der Waals surface area contributed by atoms with Crippen molar-refractivity contribution in [2.24, 2.45) is 22.9 Å². The first-order valence-corrected chi connectivity index (χ1v) is 16.3. The van der Waals surface area contributed by atoms with E-state index in [1.54, 1.807) is 23.8 Å². The van der Waals surface area contributed by atoms with Crippen LogP contribution in [0.2, 0.25) is 0 Å². The van der Waals surface area contributed by atoms with E-state index >= 15 is 0 Å². The Balaban J connectivity index is 1.24. The molecule has 0 bridgehead atoms. The number of nitro groups is 1. The summed E-state index contributed by atoms with van der Waals surface area (Å²) in [5.74, 6) is -2.27. The van der Waals surface area contributed by atoms with Crippen LogP contribution in [0, 0.1) is 27.9 Å². The quantitative estimate of drug-likeness (QED) is 0.0340. The molecule has 0 spiro atoms. The van der Waals surface area contributed by atoms with Gasteiger partial charge in [0.15, 0.2) is 5.78 Å². The van der Waals surface area contributed by atoms with Gasteiger partial charge >= 0.3 is 5.97 Å². The van der Waals surface area contributed by atoms with Gasteiger partial charge in [-0.2, -0.15) is 0 Å². The number of carbonyl (C=O) groups is 3. The summed E-state index contributed by atoms with van der Waals surface area (Å²) in [5, 5.41) is 25.0. The predicted molar refractivity (Wildman–Crippen MR) is 170 cm³/mol. The second-order valence-electron chi connectivity index (χ2n) is 12.2. The highest BCUT2D eigenvalue weighted by Crippen LogP contribution is 2.52. The van der Waals surface area contributed by atoms with Gasteiger partial charge in [-0.05, 0) is 69.0 Å². The lowest BCUT2D eigenvalue weighted by molar-refractivity contribution is -0.384. The summed E-state index contributed by atoms with van der Waals surface area (Å²) in [4.78, 5) is 63.3. The van der Waals surface area contributed by atoms with Gasteiger partial charge in [0, 0.05) is 47.2 Å². The lowest BCUT2D eigenvalue weighted by atomic mass is 9.77. The number of azide groups is 1. The molecule has 47 heavy (non-hydrogen) atoms. The van der Waals surface area contributed by atoms with E-state index in [0.29, 0.717) is 45.9 Å². The van der Waals surface area contributed by atoms with E-state index in [-0.39, 0.29) is 41.5 Å². The number of β-lactam (4-membered cyclic amide) rings is 1. The van der Waals surface area contributed by atoms with E-state index in [9.17, 15) is 29.6 Å². The van der Waals surface area contributed by atoms with Crippen LogP contribution in [0.4, 0.5) is 5.69 Å². The zero-order chi connectivity index (χ0) is 33.4. The second kappa shape index (κ2) is 13.2. The Bertz CT molecular complexity index is 1800. The molecule has 5 heterocycles. The van der Waals surface area contributed by atoms with Crippen molar-refractivity contribution in [3.63, 3.8) is 0 Å². The van der Waals surface area contributed by atoms with Gasteiger partial charge in [0.25, 0.3) is 5.69 Å². The number of ketones is 1. The molecule has 1 aromatic carbocycles. The fourth-order valence-corrected chi connectivity index (χ4v) is 8.15. The number of piperidine rings is 1. The van der Waals surface area contributed by atoms with E-state index in [1.807, 2.05) is 6.92 Å². The number of nitro benzene ring substituents is 1. The zero-order valence-corrected chi connectivity index (χ0v) is 26.7. The summed E-state index contributed by atoms with van der Waals surface area (Å²) in [6.07, 6.45) is 4.64. The number of benzene rings is 1. The number of nitrogens with zero attached hydrogens (tertiary/aromatic N) is 8. The normalized spacial score (nSPS) is 22.1. The van der Waals surface area contributed by atoms with Crippen LogP contribution in [0.1, 0.15) is 54.0 Å². The summed E-state index contributed by atoms with van der Waals surface area (Å²) in [7, 11) is 0. The Morgan fingerprint density at radius 2 is 2.00 bits per heavy atom. The average Bonchev–Trinajstić information content (AvgIpc) is 3.71. The minimum absolute atomic E-state index is 0.0287. The van der Waals surface area contributed by atoms with E-state index in [0.717, 1.165) is 26.1 Å². The lowest BCUT2D eigenvalue weighted by Crippen LogP contribution is -2.63. The molecule has 2 saturated heterocycles. The first-order chi connectivity index (χ1) is 22.6. The molecule has 16 heteroatoms. The summed E-state index contributed by atoms with van der Waals surface area (Å²) in [5.41, 5.74) is 10.00. The molecule has 1 amide bonds. The van der Waals surface area contributed by atoms with Crippen molar-refractivity contribution in [3.05, 3.63) is 79.2 Å². The maximum atomic E-state index is 13.7. The van der Waals surface area contributed by atoms with E-state index in [2.05, 4.69) is 19.9 Å². The molecule has 1 N–H and O–H groups in total. The third-order valence-corrected chi connectivity index (χ3v) is 10.5. The number of rotatable bonds is 12. The van der Waals surface area contributed by atoms with Gasteiger partial charge < -0.3 is 19.6 Å². The van der Waals surface area contributed by atoms with Gasteiger partial charge in [0.2, 0.25) is 5.91 Å². The van der Waals surface area contributed by atoms with Crippen molar-refractivity contribution in [3.8, 4) is 0 Å². The molecule has 2 aromatic heterocycles. The number of amides is 1. The van der Waals surface area contributed by atoms with Crippen LogP contribution in [-0.2, 0) is 20.9 Å². The molecule has 3 aliphatic heterocycles. The number of aliphatic hydroxyl groups excluding tert-OH is 1. The Morgan fingerprint density at radius 1 is 1.28 bits per heavy atom. The van der Waals surface area contributed by atoms with Gasteiger partial charge in [-0.1, -0.05) is 12.0 Å². The van der Waals surface area contributed by atoms with Crippen LogP contribution in [0.3, 0.4) is 0 Å². The third kappa shape index (κ3) is 6.00. The SMILES string of the molecule is C[C@@H](O)[C@H]1C(=O)N2C(C(=O)OCc3ccc([N+](=O)[O-])cc3)=C(c3cn4cnc(C(=O)C5CCN(CCCN=[N+]=[N-])CC5)c4s3)[C@H](C)[C@H]12. The molecule has 6 rings (SSSR count). The molecule has 0 aliphatic carbocycles. The molecule has 246 valence electrons. The molecule has 4 atom stereocenters. The molecule has 3 aromatic rings. The number of imidazole rings is 1. The minimum Gasteiger partial charge on any atom is -0.456 e. The molecule has 0 unspecified atom stereocenters. The zero-order valence-electron chi connectivity index (χ0n) is 25.9. The van der Waals surface area contributed by atoms with Gasteiger partial charge in [-0.3, -0.25) is 24.1 Å². The van der Waals surface area contributed by atoms with Crippen molar-refractivity contribution in [2.45, 2.75) is 51.9 Å². The van der Waals surface area contributed by atoms with Gasteiger partial charge in [-0.15, -0.1) is 11.3 Å². The monoisotopic (exact) mass is 662 g/mol. The summed E-state index contributed by atoms with van der Waals surface area (Å²) in [6, 6.07) is 5.23. The minimum atomic E-state index is -0.909. The van der Waals surface area contributed by atoms with E-state index in [1.165, 1.54) is 40.5 Å². The Hall–Kier alpha value is -4.63. The van der Waals surface area contributed by atoms with Crippen LogP contribution in [-0.4, -0.2) is 85.2 Å². The van der Waals surface area contributed by atoms with Crippen molar-refractivity contribution in [1.29, 1.82) is 0 Å². The van der Waals surface area contributed by atoms with Crippen LogP contribution in [0.25, 0.3) is 20.8 Å². The Morgan fingerprint density at radius 3 is 2.66 bits per heavy atom. The van der Waals surface area contributed by atoms with Crippen LogP contribution < -0.4 is 0 Å². The number of thiazole rings is 1. The first-order valence-electron chi connectivity index (χ1n) is 15.5. The molecule has 0 saturated carbocycles. The second-order valence-corrected chi connectivity index (χ2v) is 13.2. The topological polar surface area (TPSA) is 196 Å². The highest BCUT2D eigenvalue weighted by Gasteiger charge is 2.60. The molecular weight excluding hydrogens is 628 g/mol.